The van der Waals surface area contributed by atoms with Crippen molar-refractivity contribution < 1.29 is 30.0 Å². The number of aromatic nitrogens is 2. The Morgan fingerprint density at radius 3 is 1.10 bits per heavy atom. The lowest BCUT2D eigenvalue weighted by Crippen LogP contribution is -2.28. The number of benzene rings is 2. The number of hydrogen-bond donors (Lipinski definition) is 8. The summed E-state index contributed by atoms with van der Waals surface area (Å²) in [5, 5.41) is 51.2. The average Bonchev–Trinajstić information content (AvgIpc) is 3.52. The summed E-state index contributed by atoms with van der Waals surface area (Å²) in [6, 6.07) is 3.17. The van der Waals surface area contributed by atoms with Crippen LogP contribution in [0.5, 0.6) is 23.0 Å². The molecule has 2 aromatic heterocycles. The van der Waals surface area contributed by atoms with Crippen LogP contribution in [-0.4, -0.2) is 55.3 Å². The number of fused-ring (bicyclic) bond motifs is 2. The maximum absolute atomic E-state index is 13.4. The number of phenols is 4. The minimum atomic E-state index is -0.503. The van der Waals surface area contributed by atoms with Crippen molar-refractivity contribution in [2.75, 3.05) is 13.1 Å². The third-order valence-corrected chi connectivity index (χ3v) is 9.21. The van der Waals surface area contributed by atoms with E-state index in [9.17, 15) is 30.0 Å². The summed E-state index contributed by atoms with van der Waals surface area (Å²) in [4.78, 5) is 33.1. The fourth-order valence-corrected chi connectivity index (χ4v) is 7.16. The first-order chi connectivity index (χ1) is 22.9. The van der Waals surface area contributed by atoms with Crippen LogP contribution in [0.25, 0.3) is 21.8 Å². The normalized spacial score (nSPS) is 13.0. The highest BCUT2D eigenvalue weighted by Crippen LogP contribution is 2.48. The number of aromatic amines is 2. The van der Waals surface area contributed by atoms with Gasteiger partial charge in [0, 0.05) is 47.1 Å². The zero-order valence-electron chi connectivity index (χ0n) is 32.0. The van der Waals surface area contributed by atoms with Gasteiger partial charge in [0.1, 0.15) is 34.4 Å². The first-order valence-corrected chi connectivity index (χ1v) is 17.7. The van der Waals surface area contributed by atoms with Gasteiger partial charge < -0.3 is 41.0 Å². The molecule has 0 saturated carbocycles. The molecule has 0 saturated heterocycles. The van der Waals surface area contributed by atoms with E-state index in [2.05, 4.69) is 20.6 Å². The Kier molecular flexibility index (Phi) is 10.3. The number of aromatic hydroxyl groups is 4. The van der Waals surface area contributed by atoms with Crippen LogP contribution in [0.2, 0.25) is 0 Å². The number of carbonyl (C=O) groups excluding carboxylic acids is 2. The van der Waals surface area contributed by atoms with Crippen molar-refractivity contribution in [2.24, 2.45) is 0 Å². The number of rotatable bonds is 9. The molecule has 4 rings (SSSR count). The predicted octanol–water partition coefficient (Wildman–Crippen LogP) is 8.38. The molecule has 10 nitrogen and oxygen atoms in total. The van der Waals surface area contributed by atoms with Crippen LogP contribution in [0.3, 0.4) is 0 Å². The van der Waals surface area contributed by atoms with Gasteiger partial charge in [-0.05, 0) is 45.6 Å². The maximum atomic E-state index is 13.4. The molecule has 0 aliphatic rings. The molecule has 2 amide bonds. The quantitative estimate of drug-likeness (QED) is 0.0820. The molecule has 50 heavy (non-hydrogen) atoms. The number of amides is 2. The largest absolute Gasteiger partial charge is 0.507 e. The van der Waals surface area contributed by atoms with Gasteiger partial charge in [0.2, 0.25) is 0 Å². The molecule has 4 aromatic rings. The van der Waals surface area contributed by atoms with Crippen LogP contribution >= 0.6 is 0 Å². The highest BCUT2D eigenvalue weighted by atomic mass is 16.3. The lowest BCUT2D eigenvalue weighted by atomic mass is 9.80. The molecular weight excluding hydrogens is 632 g/mol. The third kappa shape index (κ3) is 7.54. The number of nitrogens with one attached hydrogen (secondary N) is 4. The van der Waals surface area contributed by atoms with Gasteiger partial charge in [-0.15, -0.1) is 0 Å². The lowest BCUT2D eigenvalue weighted by molar-refractivity contribution is 0.0937. The second-order valence-corrected chi connectivity index (χ2v) is 17.8. The number of unbranched alkanes of at least 4 members (excludes halogenated alkanes) is 3. The van der Waals surface area contributed by atoms with E-state index in [0.29, 0.717) is 68.5 Å². The first kappa shape index (κ1) is 38.5. The SMILES string of the molecule is CC(C)(C)c1c(O)cc2[nH]c(C(=O)NCCCCCCNC(=O)c3[nH]c4cc(O)c(C(C)(C)C)c(O)c4c3C(C)(C)C)c(C(C)(C)C)c2c1O. The van der Waals surface area contributed by atoms with Crippen molar-refractivity contribution in [3.05, 3.63) is 45.8 Å². The first-order valence-electron chi connectivity index (χ1n) is 17.7. The molecule has 8 N–H and O–H groups in total. The molecule has 0 spiro atoms. The van der Waals surface area contributed by atoms with Gasteiger partial charge in [-0.3, -0.25) is 9.59 Å². The predicted molar refractivity (Wildman–Crippen MR) is 201 cm³/mol. The molecular formula is C40H58N4O6. The Bertz CT molecular complexity index is 1780. The Balaban J connectivity index is 1.37. The fourth-order valence-electron chi connectivity index (χ4n) is 7.16. The van der Waals surface area contributed by atoms with E-state index in [1.807, 2.05) is 83.1 Å². The van der Waals surface area contributed by atoms with Gasteiger partial charge in [-0.1, -0.05) is 95.9 Å². The molecule has 0 bridgehead atoms. The summed E-state index contributed by atoms with van der Waals surface area (Å²) in [6.07, 6.45) is 3.20. The Labute approximate surface area is 296 Å². The molecule has 0 fully saturated rings. The van der Waals surface area contributed by atoms with E-state index < -0.39 is 21.7 Å². The molecule has 0 aliphatic heterocycles. The van der Waals surface area contributed by atoms with Crippen LogP contribution in [-0.2, 0) is 21.7 Å². The molecule has 0 aliphatic carbocycles. The Morgan fingerprint density at radius 2 is 0.820 bits per heavy atom. The van der Waals surface area contributed by atoms with Crippen LogP contribution in [0.4, 0.5) is 0 Å². The summed E-state index contributed by atoms with van der Waals surface area (Å²) in [6.45, 7) is 24.4. The van der Waals surface area contributed by atoms with Gasteiger partial charge >= 0.3 is 0 Å². The Hall–Kier alpha value is -4.34. The van der Waals surface area contributed by atoms with E-state index in [1.54, 1.807) is 12.1 Å². The summed E-state index contributed by atoms with van der Waals surface area (Å²) in [5.74, 6) is -0.583. The molecule has 0 unspecified atom stereocenters. The van der Waals surface area contributed by atoms with Crippen molar-refractivity contribution in [2.45, 2.75) is 130 Å². The fraction of sp³-hybridized carbons (Fsp3) is 0.550. The van der Waals surface area contributed by atoms with Gasteiger partial charge in [0.05, 0.1) is 11.0 Å². The third-order valence-electron chi connectivity index (χ3n) is 9.21. The molecule has 0 radical (unpaired) electrons. The standard InChI is InChI=1S/C40H58N4O6/c1-37(2,3)27-23(45)19-21-25(33(27)47)29(39(7,8)9)31(43-21)35(49)41-17-15-13-14-16-18-42-36(50)32-30(40(10,11)12)26-22(44-32)20-24(46)28(34(26)48)38(4,5)6/h19-20,43-48H,13-18H2,1-12H3,(H,41,49)(H,42,50). The van der Waals surface area contributed by atoms with E-state index in [-0.39, 0.29) is 34.8 Å². The van der Waals surface area contributed by atoms with E-state index in [4.69, 9.17) is 0 Å². The topological polar surface area (TPSA) is 171 Å². The van der Waals surface area contributed by atoms with Crippen molar-refractivity contribution in [1.82, 2.24) is 20.6 Å². The Morgan fingerprint density at radius 1 is 0.520 bits per heavy atom. The van der Waals surface area contributed by atoms with E-state index >= 15 is 0 Å². The van der Waals surface area contributed by atoms with E-state index in [0.717, 1.165) is 25.7 Å². The van der Waals surface area contributed by atoms with Crippen molar-refractivity contribution in [3.63, 3.8) is 0 Å². The second-order valence-electron chi connectivity index (χ2n) is 17.8. The van der Waals surface area contributed by atoms with Crippen LogP contribution in [0.15, 0.2) is 12.1 Å². The van der Waals surface area contributed by atoms with Crippen LogP contribution in [0.1, 0.15) is 152 Å². The van der Waals surface area contributed by atoms with Crippen LogP contribution < -0.4 is 10.6 Å². The minimum absolute atomic E-state index is 0.00824. The monoisotopic (exact) mass is 690 g/mol. The van der Waals surface area contributed by atoms with E-state index in [1.165, 1.54) is 0 Å². The minimum Gasteiger partial charge on any atom is -0.507 e. The number of phenolic OH excluding ortho intramolecular Hbond substituents is 4. The summed E-state index contributed by atoms with van der Waals surface area (Å²) >= 11 is 0. The van der Waals surface area contributed by atoms with Crippen molar-refractivity contribution >= 4 is 33.6 Å². The summed E-state index contributed by atoms with van der Waals surface area (Å²) in [5.41, 5.74) is 2.15. The van der Waals surface area contributed by atoms with Gasteiger partial charge in [-0.25, -0.2) is 0 Å². The van der Waals surface area contributed by atoms with Gasteiger partial charge in [0.15, 0.2) is 0 Å². The van der Waals surface area contributed by atoms with Crippen molar-refractivity contribution in [1.29, 1.82) is 0 Å². The van der Waals surface area contributed by atoms with Crippen molar-refractivity contribution in [3.8, 4) is 23.0 Å². The molecule has 10 heteroatoms. The number of carbonyl (C=O) groups is 2. The van der Waals surface area contributed by atoms with Gasteiger partial charge in [0.25, 0.3) is 11.8 Å². The zero-order valence-corrected chi connectivity index (χ0v) is 32.0. The molecule has 2 aromatic carbocycles. The summed E-state index contributed by atoms with van der Waals surface area (Å²) in [7, 11) is 0. The number of H-pyrrole nitrogens is 2. The average molecular weight is 691 g/mol. The van der Waals surface area contributed by atoms with Gasteiger partial charge in [-0.2, -0.15) is 0 Å². The highest BCUT2D eigenvalue weighted by molar-refractivity contribution is 6.05. The lowest BCUT2D eigenvalue weighted by Gasteiger charge is -2.24. The molecule has 2 heterocycles. The summed E-state index contributed by atoms with van der Waals surface area (Å²) < 4.78 is 0. The second kappa shape index (κ2) is 13.4. The molecule has 0 atom stereocenters. The highest BCUT2D eigenvalue weighted by Gasteiger charge is 2.34. The smallest absolute Gasteiger partial charge is 0.268 e. The zero-order chi connectivity index (χ0) is 37.7. The molecule has 274 valence electrons. The van der Waals surface area contributed by atoms with Crippen LogP contribution in [0, 0.1) is 0 Å². The maximum Gasteiger partial charge on any atom is 0.268 e. The number of hydrogen-bond acceptors (Lipinski definition) is 6.